The molecule has 2 atom stereocenters. The number of rotatable bonds is 3. The second kappa shape index (κ2) is 5.67. The van der Waals surface area contributed by atoms with Crippen molar-refractivity contribution in [3.05, 3.63) is 29.6 Å². The normalized spacial score (nSPS) is 22.9. The number of halogens is 1. The molecule has 1 saturated heterocycles. The maximum Gasteiger partial charge on any atom is 0.126 e. The minimum Gasteiger partial charge on any atom is -0.508 e. The molecule has 3 N–H and O–H groups in total. The molecule has 18 heavy (non-hydrogen) atoms. The van der Waals surface area contributed by atoms with E-state index < -0.39 is 5.82 Å². The Kier molecular flexibility index (Phi) is 4.19. The largest absolute Gasteiger partial charge is 0.508 e. The molecule has 1 fully saturated rings. The molecular formula is C14H21FN2O. The van der Waals surface area contributed by atoms with E-state index in [2.05, 4.69) is 4.90 Å². The summed E-state index contributed by atoms with van der Waals surface area (Å²) in [4.78, 5) is 2.32. The maximum absolute atomic E-state index is 13.0. The summed E-state index contributed by atoms with van der Waals surface area (Å²) in [7, 11) is 0. The lowest BCUT2D eigenvalue weighted by Crippen LogP contribution is -2.45. The van der Waals surface area contributed by atoms with E-state index in [4.69, 9.17) is 5.73 Å². The molecule has 0 amide bonds. The average Bonchev–Trinajstić information content (AvgIpc) is 2.38. The van der Waals surface area contributed by atoms with Gasteiger partial charge in [0.15, 0.2) is 0 Å². The highest BCUT2D eigenvalue weighted by Gasteiger charge is 2.27. The molecule has 1 aliphatic heterocycles. The van der Waals surface area contributed by atoms with Gasteiger partial charge < -0.3 is 10.8 Å². The first kappa shape index (κ1) is 13.3. The summed E-state index contributed by atoms with van der Waals surface area (Å²) in [6.45, 7) is 3.66. The van der Waals surface area contributed by atoms with E-state index in [0.29, 0.717) is 12.6 Å². The molecule has 0 bridgehead atoms. The van der Waals surface area contributed by atoms with Crippen LogP contribution >= 0.6 is 0 Å². The van der Waals surface area contributed by atoms with Crippen LogP contribution in [0.3, 0.4) is 0 Å². The zero-order valence-electron chi connectivity index (χ0n) is 10.8. The summed E-state index contributed by atoms with van der Waals surface area (Å²) in [6.07, 6.45) is 3.46. The van der Waals surface area contributed by atoms with E-state index >= 15 is 0 Å². The first-order chi connectivity index (χ1) is 8.63. The molecule has 0 aromatic heterocycles. The number of hydrogen-bond acceptors (Lipinski definition) is 3. The topological polar surface area (TPSA) is 49.5 Å². The minimum atomic E-state index is -0.405. The molecule has 100 valence electrons. The first-order valence-corrected chi connectivity index (χ1v) is 6.57. The Hall–Kier alpha value is -1.13. The van der Waals surface area contributed by atoms with Gasteiger partial charge in [-0.15, -0.1) is 0 Å². The van der Waals surface area contributed by atoms with Crippen LogP contribution in [0.4, 0.5) is 4.39 Å². The number of hydrogen-bond donors (Lipinski definition) is 2. The van der Waals surface area contributed by atoms with Crippen molar-refractivity contribution in [3.63, 3.8) is 0 Å². The lowest BCUT2D eigenvalue weighted by molar-refractivity contribution is 0.106. The summed E-state index contributed by atoms with van der Waals surface area (Å²) >= 11 is 0. The highest BCUT2D eigenvalue weighted by atomic mass is 19.1. The third-order valence-electron chi connectivity index (χ3n) is 3.88. The van der Waals surface area contributed by atoms with Crippen molar-refractivity contribution in [1.82, 2.24) is 4.90 Å². The number of aromatic hydroxyl groups is 1. The number of phenolic OH excluding ortho intramolecular Hbond substituents is 1. The SMILES string of the molecule is CC(c1ccc(F)cc1O)N1CCCCC1CN. The Morgan fingerprint density at radius 1 is 1.50 bits per heavy atom. The molecule has 2 rings (SSSR count). The Balaban J connectivity index is 2.20. The molecule has 3 nitrogen and oxygen atoms in total. The van der Waals surface area contributed by atoms with Crippen molar-refractivity contribution in [2.45, 2.75) is 38.3 Å². The van der Waals surface area contributed by atoms with Crippen LogP contribution in [-0.2, 0) is 0 Å². The summed E-state index contributed by atoms with van der Waals surface area (Å²) in [5, 5.41) is 9.85. The highest BCUT2D eigenvalue weighted by Crippen LogP contribution is 2.32. The van der Waals surface area contributed by atoms with Crippen LogP contribution in [0, 0.1) is 5.82 Å². The van der Waals surface area contributed by atoms with Crippen molar-refractivity contribution in [3.8, 4) is 5.75 Å². The standard InChI is InChI=1S/C14H21FN2O/c1-10(13-6-5-11(15)8-14(13)18)17-7-3-2-4-12(17)9-16/h5-6,8,10,12,18H,2-4,7,9,16H2,1H3. The molecule has 0 radical (unpaired) electrons. The summed E-state index contributed by atoms with van der Waals surface area (Å²) in [6, 6.07) is 4.66. The van der Waals surface area contributed by atoms with Gasteiger partial charge in [-0.25, -0.2) is 4.39 Å². The molecule has 1 aromatic rings. The van der Waals surface area contributed by atoms with Crippen LogP contribution in [0.25, 0.3) is 0 Å². The second-order valence-corrected chi connectivity index (χ2v) is 5.00. The molecule has 0 spiro atoms. The number of nitrogens with zero attached hydrogens (tertiary/aromatic N) is 1. The molecular weight excluding hydrogens is 231 g/mol. The van der Waals surface area contributed by atoms with Crippen LogP contribution in [0.5, 0.6) is 5.75 Å². The Morgan fingerprint density at radius 3 is 2.94 bits per heavy atom. The van der Waals surface area contributed by atoms with Gasteiger partial charge in [0.2, 0.25) is 0 Å². The fraction of sp³-hybridized carbons (Fsp3) is 0.571. The molecule has 1 aromatic carbocycles. The van der Waals surface area contributed by atoms with E-state index in [9.17, 15) is 9.50 Å². The number of piperidine rings is 1. The summed E-state index contributed by atoms with van der Waals surface area (Å²) < 4.78 is 13.0. The van der Waals surface area contributed by atoms with Crippen LogP contribution < -0.4 is 5.73 Å². The highest BCUT2D eigenvalue weighted by molar-refractivity contribution is 5.35. The first-order valence-electron chi connectivity index (χ1n) is 6.57. The molecule has 1 heterocycles. The van der Waals surface area contributed by atoms with Crippen LogP contribution in [0.2, 0.25) is 0 Å². The van der Waals surface area contributed by atoms with Gasteiger partial charge in [0.1, 0.15) is 11.6 Å². The Bertz CT molecular complexity index is 411. The van der Waals surface area contributed by atoms with Crippen LogP contribution in [-0.4, -0.2) is 29.1 Å². The lowest BCUT2D eigenvalue weighted by atomic mass is 9.96. The third kappa shape index (κ3) is 2.65. The molecule has 0 aliphatic carbocycles. The van der Waals surface area contributed by atoms with Crippen molar-refractivity contribution >= 4 is 0 Å². The van der Waals surface area contributed by atoms with Crippen molar-refractivity contribution < 1.29 is 9.50 Å². The number of benzene rings is 1. The van der Waals surface area contributed by atoms with E-state index in [-0.39, 0.29) is 11.8 Å². The van der Waals surface area contributed by atoms with E-state index in [0.717, 1.165) is 24.9 Å². The van der Waals surface area contributed by atoms with Crippen LogP contribution in [0.1, 0.15) is 37.8 Å². The second-order valence-electron chi connectivity index (χ2n) is 5.00. The molecule has 1 aliphatic rings. The van der Waals surface area contributed by atoms with Crippen molar-refractivity contribution in [2.75, 3.05) is 13.1 Å². The monoisotopic (exact) mass is 252 g/mol. The molecule has 2 unspecified atom stereocenters. The van der Waals surface area contributed by atoms with Gasteiger partial charge in [-0.05, 0) is 32.4 Å². The van der Waals surface area contributed by atoms with Crippen molar-refractivity contribution in [2.24, 2.45) is 5.73 Å². The minimum absolute atomic E-state index is 0.0313. The third-order valence-corrected chi connectivity index (χ3v) is 3.88. The molecule has 4 heteroatoms. The van der Waals surface area contributed by atoms with Crippen molar-refractivity contribution in [1.29, 1.82) is 0 Å². The summed E-state index contributed by atoms with van der Waals surface area (Å²) in [5.74, 6) is -0.374. The maximum atomic E-state index is 13.0. The quantitative estimate of drug-likeness (QED) is 0.868. The number of phenols is 1. The Labute approximate surface area is 107 Å². The van der Waals surface area contributed by atoms with Gasteiger partial charge in [-0.3, -0.25) is 4.90 Å². The lowest BCUT2D eigenvalue weighted by Gasteiger charge is -2.39. The van der Waals surface area contributed by atoms with Gasteiger partial charge in [-0.1, -0.05) is 12.5 Å². The van der Waals surface area contributed by atoms with E-state index in [1.165, 1.54) is 18.6 Å². The van der Waals surface area contributed by atoms with Gasteiger partial charge >= 0.3 is 0 Å². The predicted molar refractivity (Wildman–Crippen MR) is 69.9 cm³/mol. The number of likely N-dealkylation sites (tertiary alicyclic amines) is 1. The summed E-state index contributed by atoms with van der Waals surface area (Å²) in [5.41, 5.74) is 6.58. The van der Waals surface area contributed by atoms with Gasteiger partial charge in [0, 0.05) is 30.3 Å². The molecule has 0 saturated carbocycles. The zero-order chi connectivity index (χ0) is 13.1. The van der Waals surface area contributed by atoms with E-state index in [1.54, 1.807) is 6.07 Å². The smallest absolute Gasteiger partial charge is 0.126 e. The average molecular weight is 252 g/mol. The predicted octanol–water partition coefficient (Wildman–Crippen LogP) is 2.41. The fourth-order valence-electron chi connectivity index (χ4n) is 2.83. The van der Waals surface area contributed by atoms with Gasteiger partial charge in [0.25, 0.3) is 0 Å². The van der Waals surface area contributed by atoms with Gasteiger partial charge in [0.05, 0.1) is 0 Å². The van der Waals surface area contributed by atoms with Gasteiger partial charge in [-0.2, -0.15) is 0 Å². The zero-order valence-corrected chi connectivity index (χ0v) is 10.8. The van der Waals surface area contributed by atoms with Crippen LogP contribution in [0.15, 0.2) is 18.2 Å². The van der Waals surface area contributed by atoms with E-state index in [1.807, 2.05) is 6.92 Å². The fourth-order valence-corrected chi connectivity index (χ4v) is 2.83. The number of nitrogens with two attached hydrogens (primary N) is 1. The Morgan fingerprint density at radius 2 is 2.28 bits per heavy atom.